The highest BCUT2D eigenvalue weighted by Gasteiger charge is 2.18. The van der Waals surface area contributed by atoms with Gasteiger partial charge in [-0.25, -0.2) is 0 Å². The molecule has 0 heterocycles. The van der Waals surface area contributed by atoms with E-state index in [1.807, 2.05) is 30.3 Å². The van der Waals surface area contributed by atoms with Gasteiger partial charge in [0.05, 0.1) is 33.8 Å². The quantitative estimate of drug-likeness (QED) is 0.394. The largest absolute Gasteiger partial charge is 0.493 e. The highest BCUT2D eigenvalue weighted by atomic mass is 16.5. The van der Waals surface area contributed by atoms with Crippen LogP contribution in [0.4, 0.5) is 0 Å². The van der Waals surface area contributed by atoms with Gasteiger partial charge in [0.2, 0.25) is 0 Å². The van der Waals surface area contributed by atoms with Gasteiger partial charge in [-0.1, -0.05) is 26.0 Å². The van der Waals surface area contributed by atoms with Gasteiger partial charge < -0.3 is 23.8 Å². The number of benzene rings is 2. The molecule has 0 aromatic heterocycles. The SMILES string of the molecule is COc1ccc(CCN(C)CCCC(Oc2ccc(CC#N)cc2OC)C(C)C)cc1OC. The second-order valence-electron chi connectivity index (χ2n) is 8.61. The summed E-state index contributed by atoms with van der Waals surface area (Å²) >= 11 is 0. The van der Waals surface area contributed by atoms with E-state index in [2.05, 4.69) is 37.9 Å². The lowest BCUT2D eigenvalue weighted by Gasteiger charge is -2.25. The van der Waals surface area contributed by atoms with E-state index in [1.54, 1.807) is 21.3 Å². The van der Waals surface area contributed by atoms with Crippen molar-refractivity contribution >= 4 is 0 Å². The Bertz CT molecular complexity index is 907. The molecule has 0 fully saturated rings. The molecule has 0 saturated carbocycles. The third kappa shape index (κ3) is 8.18. The van der Waals surface area contributed by atoms with Gasteiger partial charge in [-0.05, 0) is 74.2 Å². The molecule has 0 radical (unpaired) electrons. The molecule has 6 nitrogen and oxygen atoms in total. The molecule has 0 N–H and O–H groups in total. The van der Waals surface area contributed by atoms with Crippen LogP contribution in [0.2, 0.25) is 0 Å². The monoisotopic (exact) mass is 454 g/mol. The van der Waals surface area contributed by atoms with Crippen LogP contribution >= 0.6 is 0 Å². The molecule has 6 heteroatoms. The number of hydrogen-bond acceptors (Lipinski definition) is 6. The predicted octanol–water partition coefficient (Wildman–Crippen LogP) is 5.14. The molecule has 33 heavy (non-hydrogen) atoms. The number of rotatable bonds is 14. The van der Waals surface area contributed by atoms with Crippen LogP contribution in [0.5, 0.6) is 23.0 Å². The zero-order valence-electron chi connectivity index (χ0n) is 20.9. The number of likely N-dealkylation sites (N-methyl/N-ethyl adjacent to an activating group) is 1. The molecule has 2 aromatic rings. The van der Waals surface area contributed by atoms with E-state index < -0.39 is 0 Å². The summed E-state index contributed by atoms with van der Waals surface area (Å²) in [6.45, 7) is 6.33. The first-order valence-corrected chi connectivity index (χ1v) is 11.5. The summed E-state index contributed by atoms with van der Waals surface area (Å²) in [6.07, 6.45) is 3.41. The van der Waals surface area contributed by atoms with Gasteiger partial charge in [0, 0.05) is 6.54 Å². The molecule has 0 amide bonds. The van der Waals surface area contributed by atoms with Gasteiger partial charge in [-0.3, -0.25) is 0 Å². The highest BCUT2D eigenvalue weighted by Crippen LogP contribution is 2.31. The maximum absolute atomic E-state index is 8.92. The standard InChI is InChI=1S/C27H38N2O4/c1-20(2)23(33-25-12-10-21(13-15-28)18-27(25)32-6)8-7-16-29(3)17-14-22-9-11-24(30-4)26(19-22)31-5/h9-12,18-20,23H,7-8,13-14,16-17H2,1-6H3. The van der Waals surface area contributed by atoms with Crippen LogP contribution in [0.1, 0.15) is 37.8 Å². The molecule has 1 unspecified atom stereocenters. The molecular weight excluding hydrogens is 416 g/mol. The fourth-order valence-corrected chi connectivity index (χ4v) is 3.73. The van der Waals surface area contributed by atoms with Crippen molar-refractivity contribution in [2.24, 2.45) is 5.92 Å². The number of hydrogen-bond donors (Lipinski definition) is 0. The fourth-order valence-electron chi connectivity index (χ4n) is 3.73. The molecule has 2 rings (SSSR count). The topological polar surface area (TPSA) is 64.0 Å². The van der Waals surface area contributed by atoms with Crippen molar-refractivity contribution in [2.75, 3.05) is 41.5 Å². The minimum Gasteiger partial charge on any atom is -0.493 e. The first-order valence-electron chi connectivity index (χ1n) is 11.5. The molecule has 0 aliphatic carbocycles. The molecule has 0 aliphatic rings. The second-order valence-corrected chi connectivity index (χ2v) is 8.61. The summed E-state index contributed by atoms with van der Waals surface area (Å²) < 4.78 is 22.6. The van der Waals surface area contributed by atoms with Crippen LogP contribution in [0.3, 0.4) is 0 Å². The van der Waals surface area contributed by atoms with E-state index in [4.69, 9.17) is 24.2 Å². The lowest BCUT2D eigenvalue weighted by molar-refractivity contribution is 0.130. The molecule has 0 aliphatic heterocycles. The Morgan fingerprint density at radius 1 is 0.848 bits per heavy atom. The van der Waals surface area contributed by atoms with E-state index in [1.165, 1.54) is 5.56 Å². The van der Waals surface area contributed by atoms with Crippen molar-refractivity contribution in [3.05, 3.63) is 47.5 Å². The minimum atomic E-state index is 0.0972. The van der Waals surface area contributed by atoms with E-state index in [-0.39, 0.29) is 6.10 Å². The van der Waals surface area contributed by atoms with Crippen molar-refractivity contribution in [1.82, 2.24) is 4.90 Å². The second kappa shape index (κ2) is 13.6. The Morgan fingerprint density at radius 3 is 2.09 bits per heavy atom. The molecule has 0 bridgehead atoms. The first-order chi connectivity index (χ1) is 15.9. The van der Waals surface area contributed by atoms with E-state index in [9.17, 15) is 0 Å². The smallest absolute Gasteiger partial charge is 0.161 e. The third-order valence-corrected chi connectivity index (χ3v) is 5.79. The maximum atomic E-state index is 8.92. The van der Waals surface area contributed by atoms with E-state index in [0.29, 0.717) is 18.1 Å². The van der Waals surface area contributed by atoms with Crippen LogP contribution in [0.25, 0.3) is 0 Å². The van der Waals surface area contributed by atoms with Crippen LogP contribution in [-0.4, -0.2) is 52.5 Å². The number of nitriles is 1. The van der Waals surface area contributed by atoms with Crippen molar-refractivity contribution in [3.8, 4) is 29.1 Å². The Balaban J connectivity index is 1.86. The Labute approximate surface area is 199 Å². The summed E-state index contributed by atoms with van der Waals surface area (Å²) in [5.41, 5.74) is 2.16. The lowest BCUT2D eigenvalue weighted by atomic mass is 10.0. The van der Waals surface area contributed by atoms with Crippen LogP contribution < -0.4 is 18.9 Å². The number of ether oxygens (including phenoxy) is 4. The van der Waals surface area contributed by atoms with Crippen molar-refractivity contribution < 1.29 is 18.9 Å². The third-order valence-electron chi connectivity index (χ3n) is 5.79. The van der Waals surface area contributed by atoms with Gasteiger partial charge in [0.15, 0.2) is 23.0 Å². The van der Waals surface area contributed by atoms with Crippen LogP contribution in [0.15, 0.2) is 36.4 Å². The summed E-state index contributed by atoms with van der Waals surface area (Å²) in [5, 5.41) is 8.92. The van der Waals surface area contributed by atoms with E-state index >= 15 is 0 Å². The Morgan fingerprint density at radius 2 is 1.45 bits per heavy atom. The summed E-state index contributed by atoms with van der Waals surface area (Å²) in [6, 6.07) is 14.0. The number of methoxy groups -OCH3 is 3. The molecular formula is C27H38N2O4. The normalized spacial score (nSPS) is 11.8. The average Bonchev–Trinajstić information content (AvgIpc) is 2.82. The zero-order chi connectivity index (χ0) is 24.2. The predicted molar refractivity (Wildman–Crippen MR) is 132 cm³/mol. The van der Waals surface area contributed by atoms with Gasteiger partial charge in [0.1, 0.15) is 6.10 Å². The van der Waals surface area contributed by atoms with Crippen LogP contribution in [0, 0.1) is 17.2 Å². The van der Waals surface area contributed by atoms with Crippen molar-refractivity contribution in [3.63, 3.8) is 0 Å². The average molecular weight is 455 g/mol. The Kier molecular flexibility index (Phi) is 10.9. The summed E-state index contributed by atoms with van der Waals surface area (Å²) in [4.78, 5) is 2.35. The molecule has 0 saturated heterocycles. The van der Waals surface area contributed by atoms with Gasteiger partial charge >= 0.3 is 0 Å². The fraction of sp³-hybridized carbons (Fsp3) is 0.519. The summed E-state index contributed by atoms with van der Waals surface area (Å²) in [5.74, 6) is 3.32. The number of nitrogens with zero attached hydrogens (tertiary/aromatic N) is 2. The van der Waals surface area contributed by atoms with E-state index in [0.717, 1.165) is 55.2 Å². The molecule has 0 spiro atoms. The molecule has 180 valence electrons. The maximum Gasteiger partial charge on any atom is 0.161 e. The van der Waals surface area contributed by atoms with Gasteiger partial charge in [-0.2, -0.15) is 5.26 Å². The molecule has 1 atom stereocenters. The first kappa shape index (κ1) is 26.3. The Hall–Kier alpha value is -2.91. The lowest BCUT2D eigenvalue weighted by Crippen LogP contribution is -2.27. The van der Waals surface area contributed by atoms with Crippen LogP contribution in [-0.2, 0) is 12.8 Å². The molecule has 2 aromatic carbocycles. The van der Waals surface area contributed by atoms with Gasteiger partial charge in [-0.15, -0.1) is 0 Å². The van der Waals surface area contributed by atoms with Crippen molar-refractivity contribution in [1.29, 1.82) is 5.26 Å². The zero-order valence-corrected chi connectivity index (χ0v) is 20.9. The highest BCUT2D eigenvalue weighted by molar-refractivity contribution is 5.44. The van der Waals surface area contributed by atoms with Gasteiger partial charge in [0.25, 0.3) is 0 Å². The summed E-state index contributed by atoms with van der Waals surface area (Å²) in [7, 11) is 7.11. The van der Waals surface area contributed by atoms with Crippen molar-refractivity contribution in [2.45, 2.75) is 45.6 Å². The minimum absolute atomic E-state index is 0.0972.